The minimum absolute atomic E-state index is 0.186. The van der Waals surface area contributed by atoms with Crippen molar-refractivity contribution in [2.24, 2.45) is 0 Å². The third-order valence-electron chi connectivity index (χ3n) is 3.41. The van der Waals surface area contributed by atoms with Crippen molar-refractivity contribution in [2.45, 2.75) is 19.4 Å². The molecular formula is C15H14Cl2N4O2. The second-order valence-electron chi connectivity index (χ2n) is 4.86. The standard InChI is InChI=1S/C15H14Cl2N4O2/c1-3-12(21-8-10(17)7-18-21)15-19-14(20-23-15)11-6-9(16)4-5-13(11)22-2/h4-8,12H,3H2,1-2H3. The van der Waals surface area contributed by atoms with E-state index >= 15 is 0 Å². The summed E-state index contributed by atoms with van der Waals surface area (Å²) in [5.74, 6) is 1.48. The normalized spacial score (nSPS) is 12.3. The Morgan fingerprint density at radius 3 is 2.78 bits per heavy atom. The van der Waals surface area contributed by atoms with Gasteiger partial charge >= 0.3 is 0 Å². The molecule has 0 amide bonds. The number of ether oxygens (including phenoxy) is 1. The topological polar surface area (TPSA) is 66.0 Å². The van der Waals surface area contributed by atoms with Gasteiger partial charge in [-0.1, -0.05) is 35.3 Å². The van der Waals surface area contributed by atoms with Crippen LogP contribution in [0.25, 0.3) is 11.4 Å². The Balaban J connectivity index is 1.98. The number of hydrogen-bond donors (Lipinski definition) is 0. The van der Waals surface area contributed by atoms with Crippen LogP contribution in [-0.4, -0.2) is 27.0 Å². The molecule has 0 fully saturated rings. The highest BCUT2D eigenvalue weighted by Crippen LogP contribution is 2.32. The second kappa shape index (κ2) is 6.60. The second-order valence-corrected chi connectivity index (χ2v) is 5.74. The predicted molar refractivity (Wildman–Crippen MR) is 87.0 cm³/mol. The van der Waals surface area contributed by atoms with Crippen LogP contribution in [0.2, 0.25) is 10.0 Å². The number of nitrogens with zero attached hydrogens (tertiary/aromatic N) is 4. The van der Waals surface area contributed by atoms with Crippen LogP contribution in [0, 0.1) is 0 Å². The van der Waals surface area contributed by atoms with Crippen molar-refractivity contribution in [1.29, 1.82) is 0 Å². The monoisotopic (exact) mass is 352 g/mol. The van der Waals surface area contributed by atoms with Crippen LogP contribution in [0.3, 0.4) is 0 Å². The van der Waals surface area contributed by atoms with Gasteiger partial charge in [0.25, 0.3) is 5.89 Å². The molecule has 8 heteroatoms. The van der Waals surface area contributed by atoms with Gasteiger partial charge in [-0.25, -0.2) is 0 Å². The van der Waals surface area contributed by atoms with E-state index in [9.17, 15) is 0 Å². The number of hydrogen-bond acceptors (Lipinski definition) is 5. The zero-order valence-corrected chi connectivity index (χ0v) is 14.0. The lowest BCUT2D eigenvalue weighted by Gasteiger charge is -2.10. The fraction of sp³-hybridized carbons (Fsp3) is 0.267. The molecule has 120 valence electrons. The van der Waals surface area contributed by atoms with Crippen LogP contribution in [0.15, 0.2) is 35.1 Å². The molecule has 23 heavy (non-hydrogen) atoms. The molecule has 0 radical (unpaired) electrons. The van der Waals surface area contributed by atoms with Crippen LogP contribution in [0.1, 0.15) is 25.3 Å². The molecule has 1 atom stereocenters. The molecule has 1 aromatic carbocycles. The molecule has 2 heterocycles. The third-order valence-corrected chi connectivity index (χ3v) is 3.84. The Hall–Kier alpha value is -2.05. The fourth-order valence-corrected chi connectivity index (χ4v) is 2.61. The first-order chi connectivity index (χ1) is 11.1. The molecule has 0 spiro atoms. The lowest BCUT2D eigenvalue weighted by Crippen LogP contribution is -2.10. The first-order valence-corrected chi connectivity index (χ1v) is 7.75. The van der Waals surface area contributed by atoms with E-state index < -0.39 is 0 Å². The Morgan fingerprint density at radius 2 is 2.13 bits per heavy atom. The molecule has 3 aromatic rings. The van der Waals surface area contributed by atoms with Gasteiger partial charge < -0.3 is 9.26 Å². The SMILES string of the molecule is CCC(c1nc(-c2cc(Cl)ccc2OC)no1)n1cc(Cl)cn1. The van der Waals surface area contributed by atoms with Gasteiger partial charge in [0.2, 0.25) is 5.82 Å². The van der Waals surface area contributed by atoms with Crippen molar-refractivity contribution < 1.29 is 9.26 Å². The molecule has 0 saturated heterocycles. The Labute approximate surface area is 143 Å². The summed E-state index contributed by atoms with van der Waals surface area (Å²) in [5, 5.41) is 9.37. The van der Waals surface area contributed by atoms with Crippen molar-refractivity contribution in [3.05, 3.63) is 46.5 Å². The summed E-state index contributed by atoms with van der Waals surface area (Å²) in [6.07, 6.45) is 4.02. The highest BCUT2D eigenvalue weighted by molar-refractivity contribution is 6.31. The molecular weight excluding hydrogens is 339 g/mol. The first-order valence-electron chi connectivity index (χ1n) is 6.99. The zero-order valence-electron chi connectivity index (χ0n) is 12.5. The summed E-state index contributed by atoms with van der Waals surface area (Å²) in [6, 6.07) is 5.05. The van der Waals surface area contributed by atoms with Gasteiger partial charge in [-0.3, -0.25) is 4.68 Å². The minimum atomic E-state index is -0.186. The summed E-state index contributed by atoms with van der Waals surface area (Å²) in [4.78, 5) is 4.47. The van der Waals surface area contributed by atoms with Crippen molar-refractivity contribution in [2.75, 3.05) is 7.11 Å². The van der Waals surface area contributed by atoms with E-state index in [-0.39, 0.29) is 6.04 Å². The van der Waals surface area contributed by atoms with E-state index in [1.165, 1.54) is 0 Å². The molecule has 2 aromatic heterocycles. The van der Waals surface area contributed by atoms with Gasteiger partial charge in [0.15, 0.2) is 0 Å². The Kier molecular flexibility index (Phi) is 4.54. The smallest absolute Gasteiger partial charge is 0.251 e. The lowest BCUT2D eigenvalue weighted by atomic mass is 10.2. The Morgan fingerprint density at radius 1 is 1.30 bits per heavy atom. The number of benzene rings is 1. The van der Waals surface area contributed by atoms with Crippen LogP contribution in [0.5, 0.6) is 5.75 Å². The molecule has 1 unspecified atom stereocenters. The lowest BCUT2D eigenvalue weighted by molar-refractivity contribution is 0.321. The van der Waals surface area contributed by atoms with Gasteiger partial charge in [0.05, 0.1) is 23.9 Å². The van der Waals surface area contributed by atoms with Crippen LogP contribution < -0.4 is 4.74 Å². The maximum Gasteiger partial charge on any atom is 0.251 e. The maximum atomic E-state index is 6.05. The van der Waals surface area contributed by atoms with Gasteiger partial charge in [-0.05, 0) is 24.6 Å². The van der Waals surface area contributed by atoms with Crippen molar-refractivity contribution in [3.8, 4) is 17.1 Å². The van der Waals surface area contributed by atoms with Crippen molar-refractivity contribution >= 4 is 23.2 Å². The van der Waals surface area contributed by atoms with Crippen molar-refractivity contribution in [3.63, 3.8) is 0 Å². The number of methoxy groups -OCH3 is 1. The highest BCUT2D eigenvalue weighted by Gasteiger charge is 2.22. The van der Waals surface area contributed by atoms with Crippen molar-refractivity contribution in [1.82, 2.24) is 19.9 Å². The van der Waals surface area contributed by atoms with E-state index in [0.29, 0.717) is 33.1 Å². The quantitative estimate of drug-likeness (QED) is 0.686. The van der Waals surface area contributed by atoms with Gasteiger partial charge in [-0.2, -0.15) is 10.1 Å². The van der Waals surface area contributed by atoms with Crippen LogP contribution >= 0.6 is 23.2 Å². The fourth-order valence-electron chi connectivity index (χ4n) is 2.30. The molecule has 0 saturated carbocycles. The molecule has 3 rings (SSSR count). The molecule has 0 N–H and O–H groups in total. The molecule has 0 aliphatic carbocycles. The van der Waals surface area contributed by atoms with Crippen LogP contribution in [0.4, 0.5) is 0 Å². The molecule has 0 aliphatic heterocycles. The van der Waals surface area contributed by atoms with E-state index in [1.807, 2.05) is 6.92 Å². The van der Waals surface area contributed by atoms with Gasteiger partial charge in [0.1, 0.15) is 11.8 Å². The number of aromatic nitrogens is 4. The average Bonchev–Trinajstić information content (AvgIpc) is 3.18. The predicted octanol–water partition coefficient (Wildman–Crippen LogP) is 4.25. The third kappa shape index (κ3) is 3.18. The molecule has 0 aliphatic rings. The summed E-state index contributed by atoms with van der Waals surface area (Å²) < 4.78 is 12.4. The van der Waals surface area contributed by atoms with E-state index in [2.05, 4.69) is 15.2 Å². The summed E-state index contributed by atoms with van der Waals surface area (Å²) in [7, 11) is 1.58. The molecule has 0 bridgehead atoms. The number of rotatable bonds is 5. The average molecular weight is 353 g/mol. The number of halogens is 2. The first kappa shape index (κ1) is 15.8. The summed E-state index contributed by atoms with van der Waals surface area (Å²) in [6.45, 7) is 2.00. The molecule has 6 nitrogen and oxygen atoms in total. The van der Waals surface area contributed by atoms with Crippen LogP contribution in [-0.2, 0) is 0 Å². The maximum absolute atomic E-state index is 6.05. The van der Waals surface area contributed by atoms with Gasteiger partial charge in [0, 0.05) is 11.2 Å². The summed E-state index contributed by atoms with van der Waals surface area (Å²) in [5.41, 5.74) is 0.670. The highest BCUT2D eigenvalue weighted by atomic mass is 35.5. The zero-order chi connectivity index (χ0) is 16.4. The Bertz CT molecular complexity index is 815. The largest absolute Gasteiger partial charge is 0.496 e. The summed E-state index contributed by atoms with van der Waals surface area (Å²) >= 11 is 12.0. The van der Waals surface area contributed by atoms with Gasteiger partial charge in [-0.15, -0.1) is 0 Å². The minimum Gasteiger partial charge on any atom is -0.496 e. The van der Waals surface area contributed by atoms with E-state index in [4.69, 9.17) is 32.5 Å². The van der Waals surface area contributed by atoms with E-state index in [0.717, 1.165) is 6.42 Å². The van der Waals surface area contributed by atoms with E-state index in [1.54, 1.807) is 42.4 Å².